The summed E-state index contributed by atoms with van der Waals surface area (Å²) in [6, 6.07) is 13.3. The van der Waals surface area contributed by atoms with Gasteiger partial charge < -0.3 is 21.1 Å². The van der Waals surface area contributed by atoms with Crippen LogP contribution in [0.1, 0.15) is 42.7 Å². The Morgan fingerprint density at radius 3 is 2.44 bits per heavy atom. The first-order valence-corrected chi connectivity index (χ1v) is 8.09. The summed E-state index contributed by atoms with van der Waals surface area (Å²) in [7, 11) is 0. The number of nitrogens with one attached hydrogen (secondary N) is 2. The van der Waals surface area contributed by atoms with Gasteiger partial charge in [0.15, 0.2) is 0 Å². The summed E-state index contributed by atoms with van der Waals surface area (Å²) in [4.78, 5) is 23.4. The van der Waals surface area contributed by atoms with Crippen molar-refractivity contribution in [2.45, 2.75) is 32.9 Å². The van der Waals surface area contributed by atoms with Crippen LogP contribution in [0.3, 0.4) is 0 Å². The van der Waals surface area contributed by atoms with Crippen LogP contribution in [0, 0.1) is 0 Å². The zero-order valence-corrected chi connectivity index (χ0v) is 14.6. The normalized spacial score (nSPS) is 11.7. The molecule has 0 bridgehead atoms. The zero-order chi connectivity index (χ0) is 18.4. The van der Waals surface area contributed by atoms with Crippen LogP contribution in [-0.4, -0.2) is 18.0 Å². The van der Waals surface area contributed by atoms with Crippen LogP contribution in [-0.2, 0) is 0 Å². The highest BCUT2D eigenvalue weighted by molar-refractivity contribution is 5.96. The topological polar surface area (TPSA) is 93.4 Å². The molecule has 2 aromatic carbocycles. The number of carbonyl (C=O) groups is 2. The van der Waals surface area contributed by atoms with Crippen LogP contribution in [0.5, 0.6) is 5.75 Å². The second-order valence-electron chi connectivity index (χ2n) is 5.97. The molecule has 0 aromatic heterocycles. The van der Waals surface area contributed by atoms with Crippen molar-refractivity contribution in [3.8, 4) is 5.75 Å². The molecule has 2 aromatic rings. The summed E-state index contributed by atoms with van der Waals surface area (Å²) in [5, 5.41) is 5.40. The van der Waals surface area contributed by atoms with Crippen LogP contribution in [0.25, 0.3) is 0 Å². The number of hydrogen-bond acceptors (Lipinski definition) is 3. The average Bonchev–Trinajstić information content (AvgIpc) is 2.54. The summed E-state index contributed by atoms with van der Waals surface area (Å²) >= 11 is 0. The molecule has 0 spiro atoms. The number of ether oxygens (including phenoxy) is 1. The van der Waals surface area contributed by atoms with Crippen molar-refractivity contribution >= 4 is 17.6 Å². The van der Waals surface area contributed by atoms with Crippen molar-refractivity contribution in [1.29, 1.82) is 0 Å². The molecular weight excluding hydrogens is 318 g/mol. The molecule has 0 heterocycles. The summed E-state index contributed by atoms with van der Waals surface area (Å²) in [5.74, 6) is 0.495. The molecule has 0 aliphatic carbocycles. The van der Waals surface area contributed by atoms with Crippen molar-refractivity contribution in [1.82, 2.24) is 5.32 Å². The monoisotopic (exact) mass is 341 g/mol. The molecule has 1 atom stereocenters. The minimum atomic E-state index is -0.675. The quantitative estimate of drug-likeness (QED) is 0.751. The molecule has 4 N–H and O–H groups in total. The lowest BCUT2D eigenvalue weighted by Crippen LogP contribution is -2.27. The van der Waals surface area contributed by atoms with E-state index in [9.17, 15) is 9.59 Å². The number of nitrogens with two attached hydrogens (primary N) is 1. The van der Waals surface area contributed by atoms with Crippen LogP contribution < -0.4 is 21.1 Å². The van der Waals surface area contributed by atoms with Gasteiger partial charge in [0.05, 0.1) is 12.1 Å². The van der Waals surface area contributed by atoms with Crippen molar-refractivity contribution in [2.75, 3.05) is 5.32 Å². The van der Waals surface area contributed by atoms with Gasteiger partial charge in [-0.15, -0.1) is 0 Å². The summed E-state index contributed by atoms with van der Waals surface area (Å²) in [6.45, 7) is 5.81. The van der Waals surface area contributed by atoms with Gasteiger partial charge in [0.25, 0.3) is 5.91 Å². The number of hydrogen-bond donors (Lipinski definition) is 3. The van der Waals surface area contributed by atoms with E-state index in [-0.39, 0.29) is 18.1 Å². The molecule has 0 aliphatic heterocycles. The number of primary amides is 1. The molecule has 3 amide bonds. The van der Waals surface area contributed by atoms with Gasteiger partial charge >= 0.3 is 6.03 Å². The maximum atomic E-state index is 12.5. The molecule has 0 aliphatic rings. The number of benzene rings is 2. The average molecular weight is 341 g/mol. The number of rotatable bonds is 6. The molecule has 1 unspecified atom stereocenters. The van der Waals surface area contributed by atoms with Gasteiger partial charge in [0.1, 0.15) is 5.75 Å². The van der Waals surface area contributed by atoms with Gasteiger partial charge in [-0.2, -0.15) is 0 Å². The van der Waals surface area contributed by atoms with Crippen LogP contribution >= 0.6 is 0 Å². The van der Waals surface area contributed by atoms with E-state index >= 15 is 0 Å². The Balaban J connectivity index is 2.14. The Hall–Kier alpha value is -3.02. The fourth-order valence-corrected chi connectivity index (χ4v) is 2.44. The second-order valence-corrected chi connectivity index (χ2v) is 5.97. The molecule has 0 radical (unpaired) electrons. The smallest absolute Gasteiger partial charge is 0.316 e. The molecule has 0 saturated heterocycles. The highest BCUT2D eigenvalue weighted by Crippen LogP contribution is 2.26. The number of carbonyl (C=O) groups excluding carboxylic acids is 2. The molecule has 6 nitrogen and oxygen atoms in total. The van der Waals surface area contributed by atoms with Gasteiger partial charge in [-0.25, -0.2) is 4.79 Å². The Labute approximate surface area is 147 Å². The van der Waals surface area contributed by atoms with E-state index < -0.39 is 6.03 Å². The Kier molecular flexibility index (Phi) is 6.00. The van der Waals surface area contributed by atoms with E-state index in [0.717, 1.165) is 11.3 Å². The Morgan fingerprint density at radius 2 is 1.76 bits per heavy atom. The predicted octanol–water partition coefficient (Wildman–Crippen LogP) is 3.46. The van der Waals surface area contributed by atoms with Crippen molar-refractivity contribution in [3.63, 3.8) is 0 Å². The SMILES string of the molecule is CC(C)Oc1ccccc1C(C)NC(=O)c1cccc(NC(N)=O)c1. The van der Waals surface area contributed by atoms with Gasteiger partial charge in [0.2, 0.25) is 0 Å². The van der Waals surface area contributed by atoms with E-state index in [1.54, 1.807) is 24.3 Å². The molecular formula is C19H23N3O3. The Morgan fingerprint density at radius 1 is 1.04 bits per heavy atom. The Bertz CT molecular complexity index is 759. The summed E-state index contributed by atoms with van der Waals surface area (Å²) < 4.78 is 5.80. The first-order chi connectivity index (χ1) is 11.9. The maximum Gasteiger partial charge on any atom is 0.316 e. The highest BCUT2D eigenvalue weighted by atomic mass is 16.5. The molecule has 0 fully saturated rings. The van der Waals surface area contributed by atoms with E-state index in [1.165, 1.54) is 0 Å². The molecule has 0 saturated carbocycles. The van der Waals surface area contributed by atoms with E-state index in [2.05, 4.69) is 10.6 Å². The van der Waals surface area contributed by atoms with Crippen LogP contribution in [0.2, 0.25) is 0 Å². The number of amides is 3. The fraction of sp³-hybridized carbons (Fsp3) is 0.263. The largest absolute Gasteiger partial charge is 0.491 e. The third-order valence-corrected chi connectivity index (χ3v) is 3.49. The molecule has 25 heavy (non-hydrogen) atoms. The second kappa shape index (κ2) is 8.19. The third-order valence-electron chi connectivity index (χ3n) is 3.49. The number of anilines is 1. The van der Waals surface area contributed by atoms with Gasteiger partial charge in [0, 0.05) is 16.8 Å². The van der Waals surface area contributed by atoms with Crippen molar-refractivity contribution in [3.05, 3.63) is 59.7 Å². The number of para-hydroxylation sites is 1. The lowest BCUT2D eigenvalue weighted by atomic mass is 10.1. The molecule has 132 valence electrons. The van der Waals surface area contributed by atoms with Crippen molar-refractivity contribution < 1.29 is 14.3 Å². The first-order valence-electron chi connectivity index (χ1n) is 8.09. The molecule has 2 rings (SSSR count). The fourth-order valence-electron chi connectivity index (χ4n) is 2.44. The van der Waals surface area contributed by atoms with Crippen molar-refractivity contribution in [2.24, 2.45) is 5.73 Å². The van der Waals surface area contributed by atoms with E-state index in [4.69, 9.17) is 10.5 Å². The molecule has 6 heteroatoms. The first kappa shape index (κ1) is 18.3. The zero-order valence-electron chi connectivity index (χ0n) is 14.6. The minimum Gasteiger partial charge on any atom is -0.491 e. The summed E-state index contributed by atoms with van der Waals surface area (Å²) in [5.41, 5.74) is 6.90. The van der Waals surface area contributed by atoms with Crippen LogP contribution in [0.15, 0.2) is 48.5 Å². The lowest BCUT2D eigenvalue weighted by Gasteiger charge is -2.20. The van der Waals surface area contributed by atoms with Gasteiger partial charge in [-0.1, -0.05) is 24.3 Å². The highest BCUT2D eigenvalue weighted by Gasteiger charge is 2.16. The van der Waals surface area contributed by atoms with E-state index in [0.29, 0.717) is 11.3 Å². The van der Waals surface area contributed by atoms with Gasteiger partial charge in [-0.05, 0) is 45.0 Å². The van der Waals surface area contributed by atoms with Crippen LogP contribution in [0.4, 0.5) is 10.5 Å². The summed E-state index contributed by atoms with van der Waals surface area (Å²) in [6.07, 6.45) is 0.0422. The third kappa shape index (κ3) is 5.24. The minimum absolute atomic E-state index is 0.0422. The van der Waals surface area contributed by atoms with E-state index in [1.807, 2.05) is 45.0 Å². The predicted molar refractivity (Wildman–Crippen MR) is 97.7 cm³/mol. The lowest BCUT2D eigenvalue weighted by molar-refractivity contribution is 0.0939. The maximum absolute atomic E-state index is 12.5. The standard InChI is InChI=1S/C19H23N3O3/c1-12(2)25-17-10-5-4-9-16(17)13(3)21-18(23)14-7-6-8-15(11-14)22-19(20)24/h4-13H,1-3H3,(H,21,23)(H3,20,22,24). The number of urea groups is 1. The van der Waals surface area contributed by atoms with Gasteiger partial charge in [-0.3, -0.25) is 4.79 Å².